The van der Waals surface area contributed by atoms with E-state index < -0.39 is 0 Å². The summed E-state index contributed by atoms with van der Waals surface area (Å²) in [5.41, 5.74) is 5.31. The fraction of sp³-hybridized carbons (Fsp3) is 0.667. The van der Waals surface area contributed by atoms with Crippen LogP contribution in [0.25, 0.3) is 0 Å². The lowest BCUT2D eigenvalue weighted by atomic mass is 10.00. The molecule has 0 aliphatic carbocycles. The molecule has 0 aliphatic rings. The maximum absolute atomic E-state index is 11.5. The van der Waals surface area contributed by atoms with E-state index in [2.05, 4.69) is 22.2 Å². The highest BCUT2D eigenvalue weighted by Crippen LogP contribution is 2.17. The molecule has 1 aromatic heterocycles. The van der Waals surface area contributed by atoms with Crippen LogP contribution in [-0.2, 0) is 0 Å². The second kappa shape index (κ2) is 7.71. The van der Waals surface area contributed by atoms with Crippen LogP contribution in [0.5, 0.6) is 5.75 Å². The first-order valence-corrected chi connectivity index (χ1v) is 6.28. The number of methoxy groups -OCH3 is 1. The maximum Gasteiger partial charge on any atom is 0.295 e. The number of nitrogens with two attached hydrogens (primary N) is 1. The molecule has 18 heavy (non-hydrogen) atoms. The van der Waals surface area contributed by atoms with Crippen LogP contribution in [0.1, 0.15) is 26.2 Å². The lowest BCUT2D eigenvalue weighted by Crippen LogP contribution is -2.20. The van der Waals surface area contributed by atoms with Crippen molar-refractivity contribution < 1.29 is 4.74 Å². The summed E-state index contributed by atoms with van der Waals surface area (Å²) in [5.74, 6) is 1.20. The van der Waals surface area contributed by atoms with E-state index in [1.54, 1.807) is 0 Å². The van der Waals surface area contributed by atoms with Gasteiger partial charge in [0, 0.05) is 6.54 Å². The summed E-state index contributed by atoms with van der Waals surface area (Å²) >= 11 is 0. The Hall–Kier alpha value is -1.56. The standard InChI is InChI=1S/C12H22N4O2/c1-3-4-9(5-6-13)7-14-11-10(18-2)12(17)16-8-15-11/h8-9H,3-7,13H2,1-2H3,(H2,14,15,16,17). The van der Waals surface area contributed by atoms with Crippen molar-refractivity contribution in [1.82, 2.24) is 9.97 Å². The Labute approximate surface area is 107 Å². The summed E-state index contributed by atoms with van der Waals surface area (Å²) < 4.78 is 5.03. The van der Waals surface area contributed by atoms with Crippen LogP contribution >= 0.6 is 0 Å². The lowest BCUT2D eigenvalue weighted by Gasteiger charge is -2.17. The van der Waals surface area contributed by atoms with E-state index in [-0.39, 0.29) is 11.3 Å². The van der Waals surface area contributed by atoms with Crippen LogP contribution in [0.15, 0.2) is 11.1 Å². The second-order valence-electron chi connectivity index (χ2n) is 4.23. The van der Waals surface area contributed by atoms with E-state index in [1.165, 1.54) is 13.4 Å². The number of nitrogens with zero attached hydrogens (tertiary/aromatic N) is 1. The highest BCUT2D eigenvalue weighted by molar-refractivity contribution is 5.47. The normalized spacial score (nSPS) is 12.2. The van der Waals surface area contributed by atoms with E-state index >= 15 is 0 Å². The Balaban J connectivity index is 2.66. The smallest absolute Gasteiger partial charge is 0.295 e. The number of hydrogen-bond donors (Lipinski definition) is 3. The zero-order valence-corrected chi connectivity index (χ0v) is 11.0. The Morgan fingerprint density at radius 3 is 2.94 bits per heavy atom. The first-order valence-electron chi connectivity index (χ1n) is 6.28. The van der Waals surface area contributed by atoms with Crippen LogP contribution in [-0.4, -0.2) is 30.2 Å². The van der Waals surface area contributed by atoms with Gasteiger partial charge in [0.05, 0.1) is 13.4 Å². The zero-order chi connectivity index (χ0) is 13.4. The van der Waals surface area contributed by atoms with E-state index in [0.29, 0.717) is 18.3 Å². The maximum atomic E-state index is 11.5. The van der Waals surface area contributed by atoms with Crippen LogP contribution in [0, 0.1) is 5.92 Å². The third-order valence-corrected chi connectivity index (χ3v) is 2.84. The summed E-state index contributed by atoms with van der Waals surface area (Å²) in [6.45, 7) is 3.57. The summed E-state index contributed by atoms with van der Waals surface area (Å²) in [7, 11) is 1.46. The molecule has 6 heteroatoms. The van der Waals surface area contributed by atoms with E-state index in [1.807, 2.05) is 0 Å². The summed E-state index contributed by atoms with van der Waals surface area (Å²) in [6.07, 6.45) is 4.55. The number of anilines is 1. The van der Waals surface area contributed by atoms with E-state index in [4.69, 9.17) is 10.5 Å². The molecule has 1 unspecified atom stereocenters. The average molecular weight is 254 g/mol. The molecule has 4 N–H and O–H groups in total. The number of ether oxygens (including phenoxy) is 1. The molecule has 0 aliphatic heterocycles. The number of hydrogen-bond acceptors (Lipinski definition) is 5. The van der Waals surface area contributed by atoms with Gasteiger partial charge in [-0.2, -0.15) is 0 Å². The van der Waals surface area contributed by atoms with Crippen molar-refractivity contribution in [2.45, 2.75) is 26.2 Å². The van der Waals surface area contributed by atoms with Crippen molar-refractivity contribution in [3.05, 3.63) is 16.7 Å². The van der Waals surface area contributed by atoms with Gasteiger partial charge in [-0.25, -0.2) is 4.98 Å². The van der Waals surface area contributed by atoms with Gasteiger partial charge in [0.15, 0.2) is 5.82 Å². The minimum Gasteiger partial charge on any atom is -0.489 e. The number of rotatable bonds is 8. The predicted octanol–water partition coefficient (Wildman–Crippen LogP) is 0.955. The Bertz CT molecular complexity index is 399. The third-order valence-electron chi connectivity index (χ3n) is 2.84. The van der Waals surface area contributed by atoms with Crippen LogP contribution in [0.4, 0.5) is 5.82 Å². The molecule has 1 heterocycles. The average Bonchev–Trinajstić information content (AvgIpc) is 2.36. The van der Waals surface area contributed by atoms with Gasteiger partial charge in [0.25, 0.3) is 5.56 Å². The van der Waals surface area contributed by atoms with Crippen molar-refractivity contribution >= 4 is 5.82 Å². The molecular weight excluding hydrogens is 232 g/mol. The molecule has 1 aromatic rings. The summed E-state index contributed by atoms with van der Waals surface area (Å²) in [4.78, 5) is 18.0. The molecule has 1 atom stereocenters. The second-order valence-corrected chi connectivity index (χ2v) is 4.23. The van der Waals surface area contributed by atoms with E-state index in [0.717, 1.165) is 25.8 Å². The predicted molar refractivity (Wildman–Crippen MR) is 72.0 cm³/mol. The number of aromatic amines is 1. The fourth-order valence-corrected chi connectivity index (χ4v) is 1.94. The minimum absolute atomic E-state index is 0.223. The summed E-state index contributed by atoms with van der Waals surface area (Å²) in [6, 6.07) is 0. The van der Waals surface area contributed by atoms with Gasteiger partial charge in [0.1, 0.15) is 0 Å². The van der Waals surface area contributed by atoms with Gasteiger partial charge in [-0.1, -0.05) is 13.3 Å². The van der Waals surface area contributed by atoms with Crippen LogP contribution in [0.3, 0.4) is 0 Å². The van der Waals surface area contributed by atoms with Crippen molar-refractivity contribution in [2.75, 3.05) is 25.5 Å². The SMILES string of the molecule is CCCC(CCN)CNc1nc[nH]c(=O)c1OC. The topological polar surface area (TPSA) is 93.0 Å². The Kier molecular flexibility index (Phi) is 6.21. The molecule has 0 spiro atoms. The number of nitrogens with one attached hydrogen (secondary N) is 2. The molecule has 0 amide bonds. The first kappa shape index (κ1) is 14.5. The highest BCUT2D eigenvalue weighted by Gasteiger charge is 2.11. The largest absolute Gasteiger partial charge is 0.489 e. The van der Waals surface area contributed by atoms with Crippen molar-refractivity contribution in [3.63, 3.8) is 0 Å². The number of aromatic nitrogens is 2. The lowest BCUT2D eigenvalue weighted by molar-refractivity contribution is 0.406. The van der Waals surface area contributed by atoms with Gasteiger partial charge in [-0.3, -0.25) is 4.79 Å². The van der Waals surface area contributed by atoms with Crippen molar-refractivity contribution in [1.29, 1.82) is 0 Å². The van der Waals surface area contributed by atoms with Gasteiger partial charge in [-0.15, -0.1) is 0 Å². The van der Waals surface area contributed by atoms with Crippen LogP contribution in [0.2, 0.25) is 0 Å². The quantitative estimate of drug-likeness (QED) is 0.642. The molecule has 0 saturated carbocycles. The zero-order valence-electron chi connectivity index (χ0n) is 11.0. The van der Waals surface area contributed by atoms with Gasteiger partial charge < -0.3 is 20.8 Å². The molecule has 0 radical (unpaired) electrons. The highest BCUT2D eigenvalue weighted by atomic mass is 16.5. The van der Waals surface area contributed by atoms with Gasteiger partial charge in [0.2, 0.25) is 5.75 Å². The Morgan fingerprint density at radius 1 is 1.56 bits per heavy atom. The Morgan fingerprint density at radius 2 is 2.33 bits per heavy atom. The molecular formula is C12H22N4O2. The molecule has 6 nitrogen and oxygen atoms in total. The summed E-state index contributed by atoms with van der Waals surface area (Å²) in [5, 5.41) is 3.16. The molecule has 0 aromatic carbocycles. The molecule has 0 fully saturated rings. The molecule has 0 bridgehead atoms. The van der Waals surface area contributed by atoms with Gasteiger partial charge >= 0.3 is 0 Å². The molecule has 102 valence electrons. The molecule has 0 saturated heterocycles. The molecule has 1 rings (SSSR count). The fourth-order valence-electron chi connectivity index (χ4n) is 1.94. The van der Waals surface area contributed by atoms with Crippen molar-refractivity contribution in [2.24, 2.45) is 11.7 Å². The van der Waals surface area contributed by atoms with Gasteiger partial charge in [-0.05, 0) is 25.3 Å². The van der Waals surface area contributed by atoms with E-state index in [9.17, 15) is 4.79 Å². The van der Waals surface area contributed by atoms with Crippen LogP contribution < -0.4 is 21.3 Å². The third kappa shape index (κ3) is 4.03. The minimum atomic E-state index is -0.277. The van der Waals surface area contributed by atoms with Crippen molar-refractivity contribution in [3.8, 4) is 5.75 Å². The number of H-pyrrole nitrogens is 1. The monoisotopic (exact) mass is 254 g/mol. The first-order chi connectivity index (χ1) is 8.72.